The molecule has 0 aromatic heterocycles. The molecule has 0 fully saturated rings. The molecule has 0 spiro atoms. The summed E-state index contributed by atoms with van der Waals surface area (Å²) in [6, 6.07) is 6.81. The van der Waals surface area contributed by atoms with Gasteiger partial charge in [-0.15, -0.1) is 0 Å². The smallest absolute Gasteiger partial charge is 0.253 e. The molecule has 0 aliphatic rings. The first kappa shape index (κ1) is 13.8. The summed E-state index contributed by atoms with van der Waals surface area (Å²) >= 11 is 0. The number of carbonyl (C=O) groups is 1. The van der Waals surface area contributed by atoms with Crippen molar-refractivity contribution in [2.75, 3.05) is 19.9 Å². The summed E-state index contributed by atoms with van der Waals surface area (Å²) < 4.78 is 5.03. The van der Waals surface area contributed by atoms with Gasteiger partial charge in [0.15, 0.2) is 0 Å². The second-order valence-electron chi connectivity index (χ2n) is 4.08. The molecule has 0 aliphatic heterocycles. The summed E-state index contributed by atoms with van der Waals surface area (Å²) in [6.45, 7) is 1.83. The van der Waals surface area contributed by atoms with Gasteiger partial charge in [0.05, 0.1) is 25.3 Å². The summed E-state index contributed by atoms with van der Waals surface area (Å²) in [5, 5.41) is 8.63. The average molecular weight is 247 g/mol. The minimum absolute atomic E-state index is 0.133. The molecule has 1 aromatic rings. The van der Waals surface area contributed by atoms with Crippen molar-refractivity contribution in [3.8, 4) is 11.8 Å². The monoisotopic (exact) mass is 247 g/mol. The van der Waals surface area contributed by atoms with Gasteiger partial charge >= 0.3 is 0 Å². The fourth-order valence-corrected chi connectivity index (χ4v) is 1.54. The zero-order chi connectivity index (χ0) is 13.7. The maximum Gasteiger partial charge on any atom is 0.253 e. The van der Waals surface area contributed by atoms with E-state index in [9.17, 15) is 4.79 Å². The van der Waals surface area contributed by atoms with Crippen LogP contribution in [-0.2, 0) is 0 Å². The highest BCUT2D eigenvalue weighted by Gasteiger charge is 2.18. The number of benzene rings is 1. The Balaban J connectivity index is 2.91. The van der Waals surface area contributed by atoms with Crippen LogP contribution in [0.5, 0.6) is 5.75 Å². The number of hydrogen-bond acceptors (Lipinski definition) is 4. The lowest BCUT2D eigenvalue weighted by Gasteiger charge is -2.23. The fraction of sp³-hybridized carbons (Fsp3) is 0.385. The van der Waals surface area contributed by atoms with Crippen molar-refractivity contribution < 1.29 is 9.53 Å². The number of nitriles is 1. The minimum atomic E-state index is -0.160. The number of ether oxygens (including phenoxy) is 1. The molecule has 5 heteroatoms. The molecule has 0 saturated heterocycles. The van der Waals surface area contributed by atoms with Crippen molar-refractivity contribution in [1.29, 1.82) is 5.26 Å². The third-order valence-electron chi connectivity index (χ3n) is 2.84. The van der Waals surface area contributed by atoms with E-state index >= 15 is 0 Å². The highest BCUT2D eigenvalue weighted by molar-refractivity contribution is 5.95. The molecule has 0 radical (unpaired) electrons. The molecular formula is C13H17N3O2. The number of nitrogens with zero attached hydrogens (tertiary/aromatic N) is 2. The Morgan fingerprint density at radius 2 is 2.28 bits per heavy atom. The highest BCUT2D eigenvalue weighted by Crippen LogP contribution is 2.22. The van der Waals surface area contributed by atoms with E-state index in [0.717, 1.165) is 0 Å². The van der Waals surface area contributed by atoms with Crippen LogP contribution in [0.3, 0.4) is 0 Å². The Labute approximate surface area is 107 Å². The maximum absolute atomic E-state index is 12.1. The van der Waals surface area contributed by atoms with Crippen LogP contribution >= 0.6 is 0 Å². The molecular weight excluding hydrogens is 230 g/mol. The predicted molar refractivity (Wildman–Crippen MR) is 69.2 cm³/mol. The molecule has 0 heterocycles. The molecule has 0 bridgehead atoms. The normalized spacial score (nSPS) is 11.4. The van der Waals surface area contributed by atoms with Gasteiger partial charge in [0, 0.05) is 18.7 Å². The predicted octanol–water partition coefficient (Wildman–Crippen LogP) is 1.65. The Morgan fingerprint density at radius 1 is 1.61 bits per heavy atom. The largest absolute Gasteiger partial charge is 0.495 e. The van der Waals surface area contributed by atoms with Crippen molar-refractivity contribution >= 4 is 11.6 Å². The van der Waals surface area contributed by atoms with Crippen LogP contribution in [0.4, 0.5) is 5.69 Å². The van der Waals surface area contributed by atoms with Crippen molar-refractivity contribution in [3.63, 3.8) is 0 Å². The topological polar surface area (TPSA) is 79.3 Å². The first-order valence-corrected chi connectivity index (χ1v) is 5.58. The average Bonchev–Trinajstić information content (AvgIpc) is 2.37. The first-order valence-electron chi connectivity index (χ1n) is 5.58. The number of carbonyl (C=O) groups excluding carboxylic acids is 1. The van der Waals surface area contributed by atoms with Crippen LogP contribution in [0.25, 0.3) is 0 Å². The zero-order valence-electron chi connectivity index (χ0n) is 10.8. The van der Waals surface area contributed by atoms with Gasteiger partial charge in [0.2, 0.25) is 0 Å². The quantitative estimate of drug-likeness (QED) is 0.820. The first-order chi connectivity index (χ1) is 8.51. The Kier molecular flexibility index (Phi) is 4.55. The summed E-state index contributed by atoms with van der Waals surface area (Å²) in [4.78, 5) is 13.7. The van der Waals surface area contributed by atoms with E-state index in [0.29, 0.717) is 23.4 Å². The molecule has 0 aliphatic carbocycles. The van der Waals surface area contributed by atoms with Gasteiger partial charge in [-0.3, -0.25) is 4.79 Å². The van der Waals surface area contributed by atoms with E-state index in [4.69, 9.17) is 15.7 Å². The Hall–Kier alpha value is -2.22. The van der Waals surface area contributed by atoms with Crippen LogP contribution in [-0.4, -0.2) is 31.0 Å². The number of nitrogens with two attached hydrogens (primary N) is 1. The molecule has 5 nitrogen and oxygen atoms in total. The van der Waals surface area contributed by atoms with E-state index in [1.807, 2.05) is 13.0 Å². The SMILES string of the molecule is COc1ccc(C(=O)N(C)C(C)CC#N)cc1N. The molecule has 2 N–H and O–H groups in total. The number of rotatable bonds is 4. The van der Waals surface area contributed by atoms with Crippen LogP contribution in [0.1, 0.15) is 23.7 Å². The van der Waals surface area contributed by atoms with Crippen molar-refractivity contribution in [2.45, 2.75) is 19.4 Å². The van der Waals surface area contributed by atoms with Crippen LogP contribution in [0.15, 0.2) is 18.2 Å². The van der Waals surface area contributed by atoms with Crippen molar-refractivity contribution in [1.82, 2.24) is 4.90 Å². The number of hydrogen-bond donors (Lipinski definition) is 1. The van der Waals surface area contributed by atoms with Gasteiger partial charge in [-0.25, -0.2) is 0 Å². The summed E-state index contributed by atoms with van der Waals surface area (Å²) in [5.74, 6) is 0.381. The van der Waals surface area contributed by atoms with Crippen LogP contribution in [0, 0.1) is 11.3 Å². The van der Waals surface area contributed by atoms with Gasteiger partial charge < -0.3 is 15.4 Å². The van der Waals surface area contributed by atoms with Gasteiger partial charge in [-0.1, -0.05) is 0 Å². The Morgan fingerprint density at radius 3 is 2.78 bits per heavy atom. The van der Waals surface area contributed by atoms with Crippen LogP contribution in [0.2, 0.25) is 0 Å². The van der Waals surface area contributed by atoms with E-state index in [1.54, 1.807) is 25.2 Å². The lowest BCUT2D eigenvalue weighted by Crippen LogP contribution is -2.34. The summed E-state index contributed by atoms with van der Waals surface area (Å²) in [7, 11) is 3.19. The standard InChI is InChI=1S/C13H17N3O2/c1-9(6-7-14)16(2)13(17)10-4-5-12(18-3)11(15)8-10/h4-5,8-9H,6,15H2,1-3H3. The molecule has 96 valence electrons. The molecule has 1 rings (SSSR count). The lowest BCUT2D eigenvalue weighted by atomic mass is 10.1. The number of anilines is 1. The minimum Gasteiger partial charge on any atom is -0.495 e. The molecule has 1 unspecified atom stereocenters. The lowest BCUT2D eigenvalue weighted by molar-refractivity contribution is 0.0746. The number of nitrogen functional groups attached to an aromatic ring is 1. The van der Waals surface area contributed by atoms with E-state index < -0.39 is 0 Å². The second-order valence-corrected chi connectivity index (χ2v) is 4.08. The van der Waals surface area contributed by atoms with E-state index in [-0.39, 0.29) is 11.9 Å². The summed E-state index contributed by atoms with van der Waals surface area (Å²) in [5.41, 5.74) is 6.66. The van der Waals surface area contributed by atoms with Gasteiger partial charge in [-0.05, 0) is 25.1 Å². The van der Waals surface area contributed by atoms with Crippen LogP contribution < -0.4 is 10.5 Å². The molecule has 1 aromatic carbocycles. The molecule has 0 saturated carbocycles. The third-order valence-corrected chi connectivity index (χ3v) is 2.84. The zero-order valence-corrected chi connectivity index (χ0v) is 10.8. The number of amides is 1. The number of methoxy groups -OCH3 is 1. The Bertz CT molecular complexity index is 480. The van der Waals surface area contributed by atoms with Gasteiger partial charge in [0.1, 0.15) is 5.75 Å². The van der Waals surface area contributed by atoms with E-state index in [1.165, 1.54) is 12.0 Å². The highest BCUT2D eigenvalue weighted by atomic mass is 16.5. The third kappa shape index (κ3) is 2.92. The van der Waals surface area contributed by atoms with Gasteiger partial charge in [-0.2, -0.15) is 5.26 Å². The summed E-state index contributed by atoms with van der Waals surface area (Å²) in [6.07, 6.45) is 0.299. The van der Waals surface area contributed by atoms with Crippen molar-refractivity contribution in [3.05, 3.63) is 23.8 Å². The molecule has 1 atom stereocenters. The fourth-order valence-electron chi connectivity index (χ4n) is 1.54. The maximum atomic E-state index is 12.1. The van der Waals surface area contributed by atoms with Gasteiger partial charge in [0.25, 0.3) is 5.91 Å². The molecule has 1 amide bonds. The molecule has 18 heavy (non-hydrogen) atoms. The van der Waals surface area contributed by atoms with E-state index in [2.05, 4.69) is 0 Å². The second kappa shape index (κ2) is 5.92. The van der Waals surface area contributed by atoms with Crippen molar-refractivity contribution in [2.24, 2.45) is 0 Å².